The van der Waals surface area contributed by atoms with Crippen LogP contribution in [0.5, 0.6) is 0 Å². The number of aliphatic carboxylic acids is 1. The number of carboxylic acid groups (broad SMARTS) is 1. The lowest BCUT2D eigenvalue weighted by Crippen LogP contribution is -2.35. The first kappa shape index (κ1) is 14.8. The van der Waals surface area contributed by atoms with Gasteiger partial charge in [0.05, 0.1) is 4.88 Å². The molecule has 0 spiro atoms. The number of hydrogen-bond acceptors (Lipinski definition) is 3. The SMILES string of the molecule is C=CCN(CC(=O)O)C(=O)c1cc2c(s1)CCCCC2. The summed E-state index contributed by atoms with van der Waals surface area (Å²) in [7, 11) is 0. The Bertz CT molecular complexity index is 498. The summed E-state index contributed by atoms with van der Waals surface area (Å²) in [6.07, 6.45) is 7.20. The lowest BCUT2D eigenvalue weighted by Gasteiger charge is -2.17. The van der Waals surface area contributed by atoms with Crippen molar-refractivity contribution in [3.05, 3.63) is 34.0 Å². The maximum atomic E-state index is 12.4. The highest BCUT2D eigenvalue weighted by Crippen LogP contribution is 2.29. The Kier molecular flexibility index (Phi) is 4.95. The molecule has 0 saturated heterocycles. The quantitative estimate of drug-likeness (QED) is 0.671. The summed E-state index contributed by atoms with van der Waals surface area (Å²) in [5.41, 5.74) is 1.27. The van der Waals surface area contributed by atoms with Crippen molar-refractivity contribution in [2.75, 3.05) is 13.1 Å². The van der Waals surface area contributed by atoms with Gasteiger partial charge in [-0.3, -0.25) is 9.59 Å². The van der Waals surface area contributed by atoms with Gasteiger partial charge in [0.2, 0.25) is 0 Å². The fourth-order valence-corrected chi connectivity index (χ4v) is 3.69. The molecule has 2 rings (SSSR count). The van der Waals surface area contributed by atoms with Crippen LogP contribution in [-0.2, 0) is 17.6 Å². The molecule has 1 heterocycles. The first-order valence-electron chi connectivity index (χ1n) is 6.85. The molecule has 0 unspecified atom stereocenters. The number of amides is 1. The third-order valence-corrected chi connectivity index (χ3v) is 4.65. The van der Waals surface area contributed by atoms with E-state index in [1.54, 1.807) is 6.08 Å². The highest BCUT2D eigenvalue weighted by molar-refractivity contribution is 7.14. The lowest BCUT2D eigenvalue weighted by molar-refractivity contribution is -0.137. The fourth-order valence-electron chi connectivity index (χ4n) is 2.47. The van der Waals surface area contributed by atoms with Crippen molar-refractivity contribution < 1.29 is 14.7 Å². The van der Waals surface area contributed by atoms with Gasteiger partial charge in [-0.2, -0.15) is 0 Å². The summed E-state index contributed by atoms with van der Waals surface area (Å²) in [5, 5.41) is 8.88. The van der Waals surface area contributed by atoms with Crippen molar-refractivity contribution >= 4 is 23.2 Å². The molecule has 0 atom stereocenters. The van der Waals surface area contributed by atoms with E-state index in [0.29, 0.717) is 4.88 Å². The van der Waals surface area contributed by atoms with E-state index in [1.807, 2.05) is 6.07 Å². The highest BCUT2D eigenvalue weighted by atomic mass is 32.1. The first-order chi connectivity index (χ1) is 9.61. The predicted molar refractivity (Wildman–Crippen MR) is 79.3 cm³/mol. The zero-order valence-corrected chi connectivity index (χ0v) is 12.2. The number of aryl methyl sites for hydroxylation is 2. The van der Waals surface area contributed by atoms with Gasteiger partial charge in [0, 0.05) is 11.4 Å². The Balaban J connectivity index is 2.18. The number of carboxylic acids is 1. The van der Waals surface area contributed by atoms with E-state index in [2.05, 4.69) is 6.58 Å². The van der Waals surface area contributed by atoms with Gasteiger partial charge in [-0.15, -0.1) is 17.9 Å². The van der Waals surface area contributed by atoms with Gasteiger partial charge in [0.1, 0.15) is 6.54 Å². The normalized spacial score (nSPS) is 14.2. The molecule has 1 N–H and O–H groups in total. The molecular formula is C15H19NO3S. The Morgan fingerprint density at radius 3 is 2.80 bits per heavy atom. The van der Waals surface area contributed by atoms with Crippen LogP contribution in [-0.4, -0.2) is 35.0 Å². The minimum atomic E-state index is -1.00. The minimum Gasteiger partial charge on any atom is -0.480 e. The van der Waals surface area contributed by atoms with E-state index in [9.17, 15) is 9.59 Å². The van der Waals surface area contributed by atoms with E-state index in [4.69, 9.17) is 5.11 Å². The maximum Gasteiger partial charge on any atom is 0.323 e. The van der Waals surface area contributed by atoms with Crippen LogP contribution >= 0.6 is 11.3 Å². The van der Waals surface area contributed by atoms with Crippen LogP contribution in [0.1, 0.15) is 39.4 Å². The minimum absolute atomic E-state index is 0.203. The van der Waals surface area contributed by atoms with Crippen molar-refractivity contribution in [3.63, 3.8) is 0 Å². The molecule has 1 aliphatic rings. The average molecular weight is 293 g/mol. The van der Waals surface area contributed by atoms with Crippen molar-refractivity contribution in [1.29, 1.82) is 0 Å². The van der Waals surface area contributed by atoms with Crippen LogP contribution in [0.3, 0.4) is 0 Å². The van der Waals surface area contributed by atoms with Crippen molar-refractivity contribution in [1.82, 2.24) is 4.90 Å². The summed E-state index contributed by atoms with van der Waals surface area (Å²) < 4.78 is 0. The van der Waals surface area contributed by atoms with E-state index < -0.39 is 5.97 Å². The molecule has 4 nitrogen and oxygen atoms in total. The van der Waals surface area contributed by atoms with Gasteiger partial charge in [-0.05, 0) is 37.3 Å². The van der Waals surface area contributed by atoms with Crippen molar-refractivity contribution in [2.45, 2.75) is 32.1 Å². The Labute approximate surface area is 122 Å². The Hall–Kier alpha value is -1.62. The summed E-state index contributed by atoms with van der Waals surface area (Å²) >= 11 is 1.52. The number of thiophene rings is 1. The zero-order chi connectivity index (χ0) is 14.5. The summed E-state index contributed by atoms with van der Waals surface area (Å²) in [4.78, 5) is 26.5. The van der Waals surface area contributed by atoms with E-state index in [0.717, 1.165) is 12.8 Å². The van der Waals surface area contributed by atoms with E-state index in [1.165, 1.54) is 45.9 Å². The number of rotatable bonds is 5. The molecule has 1 aromatic rings. The van der Waals surface area contributed by atoms with Crippen LogP contribution in [0.15, 0.2) is 18.7 Å². The molecule has 0 fully saturated rings. The summed E-state index contributed by atoms with van der Waals surface area (Å²) in [6.45, 7) is 3.55. The van der Waals surface area contributed by atoms with Crippen LogP contribution in [0.4, 0.5) is 0 Å². The second-order valence-electron chi connectivity index (χ2n) is 4.99. The number of carbonyl (C=O) groups excluding carboxylic acids is 1. The predicted octanol–water partition coefficient (Wildman–Crippen LogP) is 2.73. The molecule has 0 bridgehead atoms. The number of fused-ring (bicyclic) bond motifs is 1. The summed E-state index contributed by atoms with van der Waals surface area (Å²) in [6, 6.07) is 1.95. The topological polar surface area (TPSA) is 57.6 Å². The lowest BCUT2D eigenvalue weighted by atomic mass is 10.1. The third kappa shape index (κ3) is 3.48. The van der Waals surface area contributed by atoms with Gasteiger partial charge in [-0.25, -0.2) is 0 Å². The summed E-state index contributed by atoms with van der Waals surface area (Å²) in [5.74, 6) is -1.20. The fraction of sp³-hybridized carbons (Fsp3) is 0.467. The standard InChI is InChI=1S/C15H19NO3S/c1-2-8-16(10-14(17)18)15(19)13-9-11-6-4-3-5-7-12(11)20-13/h2,9H,1,3-8,10H2,(H,17,18). The number of hydrogen-bond donors (Lipinski definition) is 1. The molecule has 5 heteroatoms. The molecule has 0 aromatic carbocycles. The molecule has 0 saturated carbocycles. The van der Waals surface area contributed by atoms with E-state index in [-0.39, 0.29) is 19.0 Å². The molecule has 1 amide bonds. The Morgan fingerprint density at radius 1 is 1.35 bits per heavy atom. The van der Waals surface area contributed by atoms with Gasteiger partial charge >= 0.3 is 5.97 Å². The number of nitrogens with zero attached hydrogens (tertiary/aromatic N) is 1. The molecule has 0 radical (unpaired) electrons. The second kappa shape index (κ2) is 6.70. The monoisotopic (exact) mass is 293 g/mol. The second-order valence-corrected chi connectivity index (χ2v) is 6.12. The molecule has 1 aliphatic carbocycles. The van der Waals surface area contributed by atoms with E-state index >= 15 is 0 Å². The Morgan fingerprint density at radius 2 is 2.10 bits per heavy atom. The molecule has 108 valence electrons. The highest BCUT2D eigenvalue weighted by Gasteiger charge is 2.21. The van der Waals surface area contributed by atoms with Crippen LogP contribution in [0.2, 0.25) is 0 Å². The van der Waals surface area contributed by atoms with Crippen molar-refractivity contribution in [2.24, 2.45) is 0 Å². The molecule has 1 aromatic heterocycles. The van der Waals surface area contributed by atoms with Gasteiger partial charge in [-0.1, -0.05) is 12.5 Å². The smallest absolute Gasteiger partial charge is 0.323 e. The van der Waals surface area contributed by atoms with Crippen LogP contribution in [0, 0.1) is 0 Å². The van der Waals surface area contributed by atoms with Crippen LogP contribution < -0.4 is 0 Å². The third-order valence-electron chi connectivity index (χ3n) is 3.42. The van der Waals surface area contributed by atoms with Crippen LogP contribution in [0.25, 0.3) is 0 Å². The molecule has 20 heavy (non-hydrogen) atoms. The zero-order valence-electron chi connectivity index (χ0n) is 11.4. The number of carbonyl (C=O) groups is 2. The average Bonchev–Trinajstić information content (AvgIpc) is 2.68. The molecular weight excluding hydrogens is 274 g/mol. The molecule has 0 aliphatic heterocycles. The van der Waals surface area contributed by atoms with Gasteiger partial charge in [0.25, 0.3) is 5.91 Å². The van der Waals surface area contributed by atoms with Crippen molar-refractivity contribution in [3.8, 4) is 0 Å². The van der Waals surface area contributed by atoms with Gasteiger partial charge in [0.15, 0.2) is 0 Å². The van der Waals surface area contributed by atoms with Gasteiger partial charge < -0.3 is 10.0 Å². The largest absolute Gasteiger partial charge is 0.480 e. The maximum absolute atomic E-state index is 12.4. The first-order valence-corrected chi connectivity index (χ1v) is 7.67.